The Balaban J connectivity index is 0.000000132. The van der Waals surface area contributed by atoms with Crippen molar-refractivity contribution in [2.75, 3.05) is 0 Å². The van der Waals surface area contributed by atoms with Gasteiger partial charge in [-0.2, -0.15) is 0 Å². The van der Waals surface area contributed by atoms with Crippen LogP contribution in [0, 0.1) is 0 Å². The molecule has 0 atom stereocenters. The Morgan fingerprint density at radius 2 is 0.352 bits per heavy atom. The predicted octanol–water partition coefficient (Wildman–Crippen LogP) is 28.4. The van der Waals surface area contributed by atoms with E-state index in [9.17, 15) is 0 Å². The van der Waals surface area contributed by atoms with Gasteiger partial charge in [-0.1, -0.05) is 334 Å². The molecular formula is C119H73N3. The van der Waals surface area contributed by atoms with Gasteiger partial charge in [-0.15, -0.1) is 0 Å². The molecule has 0 saturated carbocycles. The highest BCUT2D eigenvalue weighted by molar-refractivity contribution is 6.22. The number of hydrogen-bond donors (Lipinski definition) is 0. The minimum Gasteiger partial charge on any atom is -0.265 e. The average Bonchev–Trinajstić information content (AvgIpc) is 1.47. The largest absolute Gasteiger partial charge is 0.265 e. The normalized spacial score (nSPS) is 14.9. The molecule has 0 aliphatic heterocycles. The number of rotatable bonds is 7. The summed E-state index contributed by atoms with van der Waals surface area (Å²) in [6.45, 7) is 0. The lowest BCUT2D eigenvalue weighted by atomic mass is 9.66. The van der Waals surface area contributed by atoms with Gasteiger partial charge in [0.25, 0.3) is 0 Å². The second-order valence-electron chi connectivity index (χ2n) is 33.7. The number of pyridine rings is 3. The number of fused-ring (bicyclic) bond motifs is 36. The second-order valence-corrected chi connectivity index (χ2v) is 33.7. The molecule has 27 rings (SSSR count). The lowest BCUT2D eigenvalue weighted by Crippen LogP contribution is -2.28. The summed E-state index contributed by atoms with van der Waals surface area (Å²) in [5.74, 6) is 0. The summed E-state index contributed by atoms with van der Waals surface area (Å²) in [6, 6.07) is 155. The van der Waals surface area contributed by atoms with Crippen LogP contribution < -0.4 is 0 Å². The summed E-state index contributed by atoms with van der Waals surface area (Å²) in [5.41, 5.74) is 52.0. The topological polar surface area (TPSA) is 38.7 Å². The molecule has 122 heavy (non-hydrogen) atoms. The molecule has 19 aromatic rings. The Labute approximate surface area is 709 Å². The van der Waals surface area contributed by atoms with E-state index in [1.165, 1.54) is 200 Å². The highest BCUT2D eigenvalue weighted by atomic mass is 14.7. The van der Waals surface area contributed by atoms with Gasteiger partial charge in [-0.3, -0.25) is 15.0 Å². The lowest BCUT2D eigenvalue weighted by Gasteiger charge is -2.35. The maximum absolute atomic E-state index is 4.62. The molecule has 0 unspecified atom stereocenters. The number of hydrogen-bond acceptors (Lipinski definition) is 3. The van der Waals surface area contributed by atoms with Crippen LogP contribution in [0.5, 0.6) is 0 Å². The molecule has 0 amide bonds. The van der Waals surface area contributed by atoms with Crippen molar-refractivity contribution < 1.29 is 0 Å². The van der Waals surface area contributed by atoms with Gasteiger partial charge in [0.1, 0.15) is 0 Å². The minimum atomic E-state index is -0.580. The number of nitrogens with zero attached hydrogens (tertiary/aromatic N) is 3. The van der Waals surface area contributed by atoms with Gasteiger partial charge in [0.15, 0.2) is 0 Å². The lowest BCUT2D eigenvalue weighted by molar-refractivity contribution is 0.827. The van der Waals surface area contributed by atoms with E-state index in [1.807, 2.05) is 43.1 Å². The van der Waals surface area contributed by atoms with Crippen LogP contribution in [0.3, 0.4) is 0 Å². The molecule has 4 spiro atoms. The molecule has 3 aromatic heterocycles. The quantitative estimate of drug-likeness (QED) is 0.160. The predicted molar refractivity (Wildman–Crippen MR) is 498 cm³/mol. The van der Waals surface area contributed by atoms with Crippen LogP contribution in [0.2, 0.25) is 0 Å². The number of aromatic nitrogens is 3. The molecule has 0 N–H and O–H groups in total. The summed E-state index contributed by atoms with van der Waals surface area (Å²) in [4.78, 5) is 13.3. The van der Waals surface area contributed by atoms with E-state index in [2.05, 4.69) is 415 Å². The Morgan fingerprint density at radius 1 is 0.131 bits per heavy atom. The fourth-order valence-electron chi connectivity index (χ4n) is 23.7. The van der Waals surface area contributed by atoms with E-state index in [4.69, 9.17) is 0 Å². The van der Waals surface area contributed by atoms with E-state index in [1.54, 1.807) is 0 Å². The number of allylic oxidation sites excluding steroid dienone is 4. The monoisotopic (exact) mass is 1540 g/mol. The maximum Gasteiger partial charge on any atom is 0.0728 e. The van der Waals surface area contributed by atoms with Gasteiger partial charge in [0.05, 0.1) is 27.4 Å². The van der Waals surface area contributed by atoms with Crippen molar-refractivity contribution in [1.82, 2.24) is 15.0 Å². The van der Waals surface area contributed by atoms with E-state index in [-0.39, 0.29) is 0 Å². The first-order valence-electron chi connectivity index (χ1n) is 42.5. The molecule has 3 nitrogen and oxygen atoms in total. The van der Waals surface area contributed by atoms with Crippen molar-refractivity contribution in [2.24, 2.45) is 0 Å². The molecule has 0 fully saturated rings. The zero-order chi connectivity index (χ0) is 80.0. The van der Waals surface area contributed by atoms with Crippen molar-refractivity contribution in [1.29, 1.82) is 0 Å². The standard InChI is InChI=1S/C62H38N2.C57H35N/c1-2-12-39(13-3-1)42-22-24-51-57(37-42)61(53-18-8-4-14-47(53)48-15-5-9-19-54(48)61)60-52-25-23-43(46-35-44(40-26-30-63-31-27-40)34-45(36-46)41-28-32-64-33-29-41)38-58(52)62(59(51)60)55-20-10-6-16-49(55)50-17-7-11-21-56(50)62;1-2-14-36(15-3-1)39-29-31-45-51(34-39)56(47-20-8-4-16-41(47)42-17-5-9-21-48(42)56)55-46-32-30-40(37-25-27-38(28-26-37)53-24-12-13-33-58-53)35-52(46)57(54(45)55)49-22-10-6-18-43(49)44-19-7-11-23-50(44)57/h1-38H;1-35H. The molecule has 564 valence electrons. The van der Waals surface area contributed by atoms with Gasteiger partial charge < -0.3 is 0 Å². The highest BCUT2D eigenvalue weighted by Gasteiger charge is 2.66. The first-order valence-corrected chi connectivity index (χ1v) is 42.5. The fraction of sp³-hybridized carbons (Fsp3) is 0.0336. The Bertz CT molecular complexity index is 7480. The highest BCUT2D eigenvalue weighted by Crippen LogP contribution is 2.77. The zero-order valence-electron chi connectivity index (χ0n) is 66.5. The zero-order valence-corrected chi connectivity index (χ0v) is 66.5. The van der Waals surface area contributed by atoms with Gasteiger partial charge in [-0.05, 0) is 301 Å². The Hall–Kier alpha value is -15.6. The van der Waals surface area contributed by atoms with Crippen LogP contribution in [0.15, 0.2) is 443 Å². The molecule has 0 saturated heterocycles. The van der Waals surface area contributed by atoms with Crippen molar-refractivity contribution in [3.05, 3.63) is 533 Å². The van der Waals surface area contributed by atoms with Gasteiger partial charge >= 0.3 is 0 Å². The Kier molecular flexibility index (Phi) is 14.6. The molecule has 16 aromatic carbocycles. The van der Waals surface area contributed by atoms with Crippen molar-refractivity contribution in [2.45, 2.75) is 21.7 Å². The average molecular weight is 1540 g/mol. The smallest absolute Gasteiger partial charge is 0.0728 e. The Morgan fingerprint density at radius 3 is 0.631 bits per heavy atom. The van der Waals surface area contributed by atoms with Crippen LogP contribution >= 0.6 is 0 Å². The summed E-state index contributed by atoms with van der Waals surface area (Å²) < 4.78 is 0. The molecule has 8 aliphatic rings. The molecule has 3 heterocycles. The molecule has 3 heteroatoms. The van der Waals surface area contributed by atoms with Crippen LogP contribution in [0.25, 0.3) is 145 Å². The van der Waals surface area contributed by atoms with E-state index < -0.39 is 21.7 Å². The van der Waals surface area contributed by atoms with E-state index in [0.717, 1.165) is 33.5 Å². The van der Waals surface area contributed by atoms with Crippen molar-refractivity contribution in [3.63, 3.8) is 0 Å². The summed E-state index contributed by atoms with van der Waals surface area (Å²) in [5, 5.41) is 0. The fourth-order valence-corrected chi connectivity index (χ4v) is 23.7. The third kappa shape index (κ3) is 9.10. The first kappa shape index (κ1) is 68.5. The third-order valence-corrected chi connectivity index (χ3v) is 28.3. The van der Waals surface area contributed by atoms with E-state index >= 15 is 0 Å². The van der Waals surface area contributed by atoms with Crippen LogP contribution in [0.4, 0.5) is 0 Å². The van der Waals surface area contributed by atoms with Crippen LogP contribution in [-0.2, 0) is 21.7 Å². The second kappa shape index (κ2) is 26.0. The van der Waals surface area contributed by atoms with Crippen molar-refractivity contribution in [3.8, 4) is 123 Å². The van der Waals surface area contributed by atoms with Crippen molar-refractivity contribution >= 4 is 22.3 Å². The molecule has 0 bridgehead atoms. The van der Waals surface area contributed by atoms with Crippen LogP contribution in [0.1, 0.15) is 89.0 Å². The van der Waals surface area contributed by atoms with Gasteiger partial charge in [0, 0.05) is 36.5 Å². The minimum absolute atomic E-state index is 0.515. The summed E-state index contributed by atoms with van der Waals surface area (Å²) in [7, 11) is 0. The maximum atomic E-state index is 4.62. The number of benzene rings is 16. The van der Waals surface area contributed by atoms with Gasteiger partial charge in [0.2, 0.25) is 0 Å². The van der Waals surface area contributed by atoms with E-state index in [0.29, 0.717) is 0 Å². The first-order chi connectivity index (χ1) is 60.5. The molecular weight excluding hydrogens is 1470 g/mol. The summed E-state index contributed by atoms with van der Waals surface area (Å²) in [6.07, 6.45) is 9.38. The molecule has 0 radical (unpaired) electrons. The third-order valence-electron chi connectivity index (χ3n) is 28.3. The van der Waals surface area contributed by atoms with Gasteiger partial charge in [-0.25, -0.2) is 0 Å². The SMILES string of the molecule is c1ccc(-c2ccc3c(c2)C2(C4=C3C3(c5cc(-c6cc(-c7ccncc7)cc(-c7ccncc7)c6)ccc54)c4ccccc4-c4ccccc43)c3ccccc3-c3ccccc32)cc1.c1ccc(-c2ccc3c(c2)C2(C4=C3C3(c5cc(-c6ccc(-c7ccccn7)cc6)ccc54)c4ccccc4-c4ccccc43)c3ccccc3-c3ccccc32)cc1. The molecule has 8 aliphatic carbocycles. The van der Waals surface area contributed by atoms with Crippen LogP contribution in [-0.4, -0.2) is 15.0 Å². The summed E-state index contributed by atoms with van der Waals surface area (Å²) >= 11 is 0.